The molecule has 2 heterocycles. The summed E-state index contributed by atoms with van der Waals surface area (Å²) >= 11 is 1.81. The van der Waals surface area contributed by atoms with Crippen molar-refractivity contribution in [1.29, 1.82) is 0 Å². The average molecular weight is 254 g/mol. The number of thiophene rings is 1. The number of nitrogens with two attached hydrogens (primary N) is 1. The van der Waals surface area contributed by atoms with Gasteiger partial charge >= 0.3 is 0 Å². The lowest BCUT2D eigenvalue weighted by atomic mass is 9.99. The average Bonchev–Trinajstić information content (AvgIpc) is 2.89. The maximum Gasteiger partial charge on any atom is 0.0659 e. The van der Waals surface area contributed by atoms with E-state index in [9.17, 15) is 0 Å². The summed E-state index contributed by atoms with van der Waals surface area (Å²) in [5.74, 6) is 0. The first kappa shape index (κ1) is 13.0. The quantitative estimate of drug-likeness (QED) is 0.874. The molecule has 1 aromatic rings. The lowest BCUT2D eigenvalue weighted by Gasteiger charge is -2.33. The molecule has 0 aromatic carbocycles. The molecule has 4 heteroatoms. The Morgan fingerprint density at radius 1 is 1.59 bits per heavy atom. The Balaban J connectivity index is 1.97. The van der Waals surface area contributed by atoms with Crippen molar-refractivity contribution in [3.8, 4) is 0 Å². The number of hydrogen-bond acceptors (Lipinski definition) is 4. The van der Waals surface area contributed by atoms with Crippen LogP contribution in [0.25, 0.3) is 0 Å². The van der Waals surface area contributed by atoms with Gasteiger partial charge in [-0.3, -0.25) is 4.90 Å². The van der Waals surface area contributed by atoms with Gasteiger partial charge in [0, 0.05) is 30.6 Å². The minimum Gasteiger partial charge on any atom is -0.379 e. The molecule has 1 fully saturated rings. The van der Waals surface area contributed by atoms with Crippen LogP contribution in [-0.2, 0) is 11.3 Å². The molecular formula is C13H22N2OS. The zero-order valence-electron chi connectivity index (χ0n) is 10.7. The Labute approximate surface area is 108 Å². The molecule has 1 aliphatic heterocycles. The van der Waals surface area contributed by atoms with Crippen molar-refractivity contribution in [2.45, 2.75) is 38.4 Å². The van der Waals surface area contributed by atoms with Crippen molar-refractivity contribution in [3.05, 3.63) is 22.4 Å². The molecule has 1 atom stereocenters. The molecule has 2 rings (SSSR count). The number of hydrogen-bond donors (Lipinski definition) is 1. The highest BCUT2D eigenvalue weighted by Crippen LogP contribution is 2.21. The van der Waals surface area contributed by atoms with Gasteiger partial charge in [0.05, 0.1) is 12.1 Å². The minimum atomic E-state index is -0.151. The second-order valence-electron chi connectivity index (χ2n) is 5.24. The van der Waals surface area contributed by atoms with Crippen LogP contribution in [0.4, 0.5) is 0 Å². The van der Waals surface area contributed by atoms with Crippen LogP contribution in [0.1, 0.15) is 25.1 Å². The van der Waals surface area contributed by atoms with Crippen LogP contribution < -0.4 is 5.73 Å². The lowest BCUT2D eigenvalue weighted by Crippen LogP contribution is -2.52. The van der Waals surface area contributed by atoms with Crippen LogP contribution in [0.5, 0.6) is 0 Å². The summed E-state index contributed by atoms with van der Waals surface area (Å²) in [6, 6.07) is 4.81. The predicted molar refractivity (Wildman–Crippen MR) is 72.2 cm³/mol. The fourth-order valence-electron chi connectivity index (χ4n) is 2.18. The van der Waals surface area contributed by atoms with Crippen molar-refractivity contribution >= 4 is 11.3 Å². The number of ether oxygens (including phenoxy) is 1. The van der Waals surface area contributed by atoms with Crippen molar-refractivity contribution in [1.82, 2.24) is 4.90 Å². The van der Waals surface area contributed by atoms with Crippen LogP contribution in [0.2, 0.25) is 0 Å². The molecule has 1 unspecified atom stereocenters. The van der Waals surface area contributed by atoms with Gasteiger partial charge in [-0.1, -0.05) is 6.07 Å². The van der Waals surface area contributed by atoms with E-state index in [1.54, 1.807) is 0 Å². The summed E-state index contributed by atoms with van der Waals surface area (Å²) in [6.07, 6.45) is 0.973. The molecule has 0 spiro atoms. The predicted octanol–water partition coefficient (Wildman–Crippen LogP) is 2.08. The molecule has 96 valence electrons. The summed E-state index contributed by atoms with van der Waals surface area (Å²) in [5.41, 5.74) is 6.21. The van der Waals surface area contributed by atoms with Crippen LogP contribution >= 0.6 is 11.3 Å². The van der Waals surface area contributed by atoms with E-state index in [2.05, 4.69) is 36.3 Å². The van der Waals surface area contributed by atoms with Crippen molar-refractivity contribution in [2.24, 2.45) is 5.73 Å². The van der Waals surface area contributed by atoms with Gasteiger partial charge in [-0.05, 0) is 31.7 Å². The van der Waals surface area contributed by atoms with E-state index in [4.69, 9.17) is 10.5 Å². The number of rotatable bonds is 5. The second-order valence-corrected chi connectivity index (χ2v) is 6.28. The van der Waals surface area contributed by atoms with Gasteiger partial charge < -0.3 is 10.5 Å². The third kappa shape index (κ3) is 3.52. The second kappa shape index (κ2) is 5.48. The molecule has 0 saturated carbocycles. The van der Waals surface area contributed by atoms with Crippen molar-refractivity contribution in [3.63, 3.8) is 0 Å². The summed E-state index contributed by atoms with van der Waals surface area (Å²) in [7, 11) is 0. The topological polar surface area (TPSA) is 38.5 Å². The summed E-state index contributed by atoms with van der Waals surface area (Å²) in [4.78, 5) is 3.85. The summed E-state index contributed by atoms with van der Waals surface area (Å²) < 4.78 is 5.43. The molecule has 0 amide bonds. The highest BCUT2D eigenvalue weighted by atomic mass is 32.1. The highest BCUT2D eigenvalue weighted by Gasteiger charge is 2.33. The first-order valence-electron chi connectivity index (χ1n) is 6.22. The van der Waals surface area contributed by atoms with Gasteiger partial charge in [-0.25, -0.2) is 0 Å². The standard InChI is InChI=1S/C13H22N2OS/c1-11(2)15(8-12-4-3-7-17-12)9-13(14)5-6-16-10-13/h3-4,7,11H,5-6,8-10,14H2,1-2H3. The van der Waals surface area contributed by atoms with Gasteiger partial charge in [0.1, 0.15) is 0 Å². The molecule has 0 aliphatic carbocycles. The maximum atomic E-state index is 6.36. The Bertz CT molecular complexity index is 331. The molecule has 2 N–H and O–H groups in total. The third-order valence-corrected chi connectivity index (χ3v) is 4.18. The van der Waals surface area contributed by atoms with Crippen LogP contribution in [0.3, 0.4) is 0 Å². The van der Waals surface area contributed by atoms with E-state index in [0.717, 1.165) is 26.1 Å². The van der Waals surface area contributed by atoms with Crippen molar-refractivity contribution < 1.29 is 4.74 Å². The van der Waals surface area contributed by atoms with Crippen LogP contribution in [0, 0.1) is 0 Å². The van der Waals surface area contributed by atoms with Crippen LogP contribution in [0.15, 0.2) is 17.5 Å². The zero-order chi connectivity index (χ0) is 12.3. The van der Waals surface area contributed by atoms with Gasteiger partial charge in [0.15, 0.2) is 0 Å². The molecule has 17 heavy (non-hydrogen) atoms. The molecule has 1 aliphatic rings. The largest absolute Gasteiger partial charge is 0.379 e. The molecule has 1 saturated heterocycles. The maximum absolute atomic E-state index is 6.36. The van der Waals surface area contributed by atoms with Crippen molar-refractivity contribution in [2.75, 3.05) is 19.8 Å². The van der Waals surface area contributed by atoms with Crippen LogP contribution in [-0.4, -0.2) is 36.2 Å². The smallest absolute Gasteiger partial charge is 0.0659 e. The van der Waals surface area contributed by atoms with Gasteiger partial charge in [-0.15, -0.1) is 11.3 Å². The SMILES string of the molecule is CC(C)N(Cc1cccs1)CC1(N)CCOC1. The molecule has 3 nitrogen and oxygen atoms in total. The van der Waals surface area contributed by atoms with Gasteiger partial charge in [-0.2, -0.15) is 0 Å². The Morgan fingerprint density at radius 2 is 2.41 bits per heavy atom. The highest BCUT2D eigenvalue weighted by molar-refractivity contribution is 7.09. The van der Waals surface area contributed by atoms with E-state index in [1.807, 2.05) is 11.3 Å². The molecule has 0 bridgehead atoms. The normalized spacial score (nSPS) is 25.0. The van der Waals surface area contributed by atoms with E-state index in [-0.39, 0.29) is 5.54 Å². The van der Waals surface area contributed by atoms with E-state index in [1.165, 1.54) is 4.88 Å². The van der Waals surface area contributed by atoms with E-state index >= 15 is 0 Å². The fraction of sp³-hybridized carbons (Fsp3) is 0.692. The Hall–Kier alpha value is -0.420. The third-order valence-electron chi connectivity index (χ3n) is 3.32. The lowest BCUT2D eigenvalue weighted by molar-refractivity contribution is 0.133. The molecule has 0 radical (unpaired) electrons. The van der Waals surface area contributed by atoms with E-state index in [0.29, 0.717) is 12.6 Å². The van der Waals surface area contributed by atoms with Gasteiger partial charge in [0.2, 0.25) is 0 Å². The first-order valence-corrected chi connectivity index (χ1v) is 7.10. The fourth-order valence-corrected chi connectivity index (χ4v) is 2.91. The Morgan fingerprint density at radius 3 is 2.94 bits per heavy atom. The van der Waals surface area contributed by atoms with E-state index < -0.39 is 0 Å². The molecular weight excluding hydrogens is 232 g/mol. The number of nitrogens with zero attached hydrogens (tertiary/aromatic N) is 1. The monoisotopic (exact) mass is 254 g/mol. The molecule has 1 aromatic heterocycles. The van der Waals surface area contributed by atoms with Gasteiger partial charge in [0.25, 0.3) is 0 Å². The summed E-state index contributed by atoms with van der Waals surface area (Å²) in [6.45, 7) is 7.87. The zero-order valence-corrected chi connectivity index (χ0v) is 11.5. The minimum absolute atomic E-state index is 0.151. The first-order chi connectivity index (χ1) is 8.09. The Kier molecular flexibility index (Phi) is 4.20. The summed E-state index contributed by atoms with van der Waals surface area (Å²) in [5, 5.41) is 2.13.